The summed E-state index contributed by atoms with van der Waals surface area (Å²) in [5.74, 6) is 0.664. The van der Waals surface area contributed by atoms with Crippen LogP contribution in [-0.4, -0.2) is 26.8 Å². The van der Waals surface area contributed by atoms with E-state index in [0.717, 1.165) is 12.0 Å². The number of halogens is 1. The minimum Gasteiger partial charge on any atom is -0.333 e. The normalized spacial score (nSPS) is 18.4. The van der Waals surface area contributed by atoms with Gasteiger partial charge in [-0.15, -0.1) is 0 Å². The van der Waals surface area contributed by atoms with E-state index in [4.69, 9.17) is 11.6 Å². The molecule has 1 amide bonds. The van der Waals surface area contributed by atoms with Gasteiger partial charge in [0.2, 0.25) is 5.91 Å². The molecule has 0 saturated heterocycles. The first-order valence-corrected chi connectivity index (χ1v) is 9.86. The highest BCUT2D eigenvalue weighted by molar-refractivity contribution is 6.31. The molecule has 2 aromatic carbocycles. The molecule has 1 N–H and O–H groups in total. The zero-order valence-electron chi connectivity index (χ0n) is 15.9. The molecule has 1 aromatic heterocycles. The van der Waals surface area contributed by atoms with Gasteiger partial charge < -0.3 is 9.88 Å². The first-order chi connectivity index (χ1) is 13.5. The molecular formula is C22H22ClN3O2. The second-order valence-corrected chi connectivity index (χ2v) is 7.97. The molecule has 2 unspecified atom stereocenters. The smallest absolute Gasteiger partial charge is 0.258 e. The summed E-state index contributed by atoms with van der Waals surface area (Å²) in [4.78, 5) is 34.6. The number of para-hydroxylation sites is 1. The van der Waals surface area contributed by atoms with Crippen LogP contribution in [0.3, 0.4) is 0 Å². The number of carbonyl (C=O) groups excluding carboxylic acids is 1. The van der Waals surface area contributed by atoms with Gasteiger partial charge in [-0.25, -0.2) is 4.98 Å². The lowest BCUT2D eigenvalue weighted by atomic mass is 10.1. The SMILES string of the molecule is CC(C)N(Cc1nc2ccccc2c(=O)[nH]1)C(=O)C1CC1c1ccccc1Cl. The minimum atomic E-state index is -0.183. The molecule has 1 aliphatic rings. The largest absolute Gasteiger partial charge is 0.333 e. The fourth-order valence-electron chi connectivity index (χ4n) is 3.69. The van der Waals surface area contributed by atoms with E-state index in [0.29, 0.717) is 21.7 Å². The van der Waals surface area contributed by atoms with Crippen LogP contribution in [0.5, 0.6) is 0 Å². The average molecular weight is 396 g/mol. The van der Waals surface area contributed by atoms with Crippen LogP contribution in [0.4, 0.5) is 0 Å². The molecule has 1 heterocycles. The quantitative estimate of drug-likeness (QED) is 0.706. The summed E-state index contributed by atoms with van der Waals surface area (Å²) >= 11 is 6.30. The van der Waals surface area contributed by atoms with Gasteiger partial charge >= 0.3 is 0 Å². The Bertz CT molecular complexity index is 1090. The van der Waals surface area contributed by atoms with E-state index in [1.165, 1.54) is 0 Å². The van der Waals surface area contributed by atoms with Gasteiger partial charge in [-0.3, -0.25) is 9.59 Å². The second-order valence-electron chi connectivity index (χ2n) is 7.56. The van der Waals surface area contributed by atoms with Crippen LogP contribution in [0.15, 0.2) is 53.3 Å². The van der Waals surface area contributed by atoms with Crippen LogP contribution in [0.1, 0.15) is 37.6 Å². The molecule has 1 saturated carbocycles. The second kappa shape index (κ2) is 7.40. The van der Waals surface area contributed by atoms with E-state index in [1.807, 2.05) is 56.3 Å². The van der Waals surface area contributed by atoms with Crippen molar-refractivity contribution in [2.45, 2.75) is 38.8 Å². The molecule has 28 heavy (non-hydrogen) atoms. The zero-order chi connectivity index (χ0) is 19.8. The first kappa shape index (κ1) is 18.7. The van der Waals surface area contributed by atoms with E-state index >= 15 is 0 Å². The standard InChI is InChI=1S/C22H22ClN3O2/c1-13(2)26(12-20-24-19-10-6-4-8-15(19)21(27)25-20)22(28)17-11-16(17)14-7-3-5-9-18(14)23/h3-10,13,16-17H,11-12H2,1-2H3,(H,24,25,27). The van der Waals surface area contributed by atoms with Crippen LogP contribution in [0, 0.1) is 5.92 Å². The first-order valence-electron chi connectivity index (χ1n) is 9.48. The van der Waals surface area contributed by atoms with Crippen LogP contribution in [0.25, 0.3) is 10.9 Å². The summed E-state index contributed by atoms with van der Waals surface area (Å²) in [6.07, 6.45) is 0.799. The van der Waals surface area contributed by atoms with E-state index < -0.39 is 0 Å². The molecule has 144 valence electrons. The monoisotopic (exact) mass is 395 g/mol. The van der Waals surface area contributed by atoms with Crippen molar-refractivity contribution >= 4 is 28.4 Å². The molecule has 0 spiro atoms. The number of benzene rings is 2. The van der Waals surface area contributed by atoms with Gasteiger partial charge in [0, 0.05) is 17.0 Å². The maximum Gasteiger partial charge on any atom is 0.258 e. The Labute approximate surface area is 168 Å². The van der Waals surface area contributed by atoms with Gasteiger partial charge in [0.1, 0.15) is 5.82 Å². The maximum absolute atomic E-state index is 13.2. The fraction of sp³-hybridized carbons (Fsp3) is 0.318. The number of aromatic nitrogens is 2. The summed E-state index contributed by atoms with van der Waals surface area (Å²) in [5, 5.41) is 1.26. The number of carbonyl (C=O) groups is 1. The third kappa shape index (κ3) is 3.54. The third-order valence-electron chi connectivity index (χ3n) is 5.30. The summed E-state index contributed by atoms with van der Waals surface area (Å²) in [7, 11) is 0. The lowest BCUT2D eigenvalue weighted by Gasteiger charge is -2.26. The van der Waals surface area contributed by atoms with Gasteiger partial charge in [0.25, 0.3) is 5.56 Å². The number of aromatic amines is 1. The highest BCUT2D eigenvalue weighted by Crippen LogP contribution is 2.50. The molecule has 2 atom stereocenters. The van der Waals surface area contributed by atoms with E-state index in [-0.39, 0.29) is 35.9 Å². The van der Waals surface area contributed by atoms with Gasteiger partial charge in [0.15, 0.2) is 0 Å². The predicted octanol–water partition coefficient (Wildman–Crippen LogP) is 4.12. The molecule has 0 bridgehead atoms. The number of H-pyrrole nitrogens is 1. The molecule has 4 rings (SSSR count). The molecule has 0 aliphatic heterocycles. The number of hydrogen-bond donors (Lipinski definition) is 1. The molecule has 3 aromatic rings. The van der Waals surface area contributed by atoms with Crippen molar-refractivity contribution in [3.63, 3.8) is 0 Å². The van der Waals surface area contributed by atoms with E-state index in [1.54, 1.807) is 11.0 Å². The summed E-state index contributed by atoms with van der Waals surface area (Å²) < 4.78 is 0. The van der Waals surface area contributed by atoms with Crippen molar-refractivity contribution in [1.82, 2.24) is 14.9 Å². The molecule has 6 heteroatoms. The molecule has 0 radical (unpaired) electrons. The van der Waals surface area contributed by atoms with E-state index in [2.05, 4.69) is 9.97 Å². The van der Waals surface area contributed by atoms with Gasteiger partial charge in [-0.05, 0) is 49.9 Å². The predicted molar refractivity (Wildman–Crippen MR) is 110 cm³/mol. The Morgan fingerprint density at radius 2 is 1.93 bits per heavy atom. The fourth-order valence-corrected chi connectivity index (χ4v) is 3.96. The van der Waals surface area contributed by atoms with Crippen molar-refractivity contribution < 1.29 is 4.79 Å². The van der Waals surface area contributed by atoms with E-state index in [9.17, 15) is 9.59 Å². The molecule has 5 nitrogen and oxygen atoms in total. The Morgan fingerprint density at radius 1 is 1.21 bits per heavy atom. The van der Waals surface area contributed by atoms with Gasteiger partial charge in [-0.2, -0.15) is 0 Å². The van der Waals surface area contributed by atoms with Crippen molar-refractivity contribution in [3.8, 4) is 0 Å². The maximum atomic E-state index is 13.2. The highest BCUT2D eigenvalue weighted by atomic mass is 35.5. The van der Waals surface area contributed by atoms with Crippen molar-refractivity contribution in [3.05, 3.63) is 75.3 Å². The third-order valence-corrected chi connectivity index (χ3v) is 5.64. The van der Waals surface area contributed by atoms with Crippen LogP contribution < -0.4 is 5.56 Å². The number of nitrogens with zero attached hydrogens (tertiary/aromatic N) is 2. The minimum absolute atomic E-state index is 0.00299. The lowest BCUT2D eigenvalue weighted by Crippen LogP contribution is -2.38. The Balaban J connectivity index is 1.56. The summed E-state index contributed by atoms with van der Waals surface area (Å²) in [6.45, 7) is 4.23. The summed E-state index contributed by atoms with van der Waals surface area (Å²) in [6, 6.07) is 14.9. The number of nitrogens with one attached hydrogen (secondary N) is 1. The molecule has 1 fully saturated rings. The Hall–Kier alpha value is -2.66. The highest BCUT2D eigenvalue weighted by Gasteiger charge is 2.47. The van der Waals surface area contributed by atoms with Crippen LogP contribution in [0.2, 0.25) is 5.02 Å². The Morgan fingerprint density at radius 3 is 2.68 bits per heavy atom. The Kier molecular flexibility index (Phi) is 4.94. The van der Waals surface area contributed by atoms with Crippen molar-refractivity contribution in [1.29, 1.82) is 0 Å². The number of fused-ring (bicyclic) bond motifs is 1. The molecule has 1 aliphatic carbocycles. The number of rotatable bonds is 5. The zero-order valence-corrected chi connectivity index (χ0v) is 16.6. The van der Waals surface area contributed by atoms with Gasteiger partial charge in [-0.1, -0.05) is 41.9 Å². The van der Waals surface area contributed by atoms with Crippen LogP contribution in [-0.2, 0) is 11.3 Å². The van der Waals surface area contributed by atoms with Crippen LogP contribution >= 0.6 is 11.6 Å². The number of hydrogen-bond acceptors (Lipinski definition) is 3. The van der Waals surface area contributed by atoms with Crippen molar-refractivity contribution in [2.75, 3.05) is 0 Å². The summed E-state index contributed by atoms with van der Waals surface area (Å²) in [5.41, 5.74) is 1.48. The topological polar surface area (TPSA) is 66.1 Å². The molecular weight excluding hydrogens is 374 g/mol. The van der Waals surface area contributed by atoms with Crippen molar-refractivity contribution in [2.24, 2.45) is 5.92 Å². The number of amides is 1. The van der Waals surface area contributed by atoms with Gasteiger partial charge in [0.05, 0.1) is 17.4 Å². The average Bonchev–Trinajstić information content (AvgIpc) is 3.46. The lowest BCUT2D eigenvalue weighted by molar-refractivity contribution is -0.135.